The molecule has 0 spiro atoms. The highest BCUT2D eigenvalue weighted by atomic mass is 16.3. The Bertz CT molecular complexity index is 2660. The summed E-state index contributed by atoms with van der Waals surface area (Å²) in [5.74, 6) is 0.966. The van der Waals surface area contributed by atoms with E-state index in [0.29, 0.717) is 0 Å². The van der Waals surface area contributed by atoms with Gasteiger partial charge in [-0.15, -0.1) is 0 Å². The molecule has 8 aromatic rings. The zero-order chi connectivity index (χ0) is 33.0. The number of aromatic nitrogens is 1. The molecule has 3 heterocycles. The fraction of sp³-hybridized carbons (Fsp3) is 0.0889. The molecule has 1 aliphatic heterocycles. The van der Waals surface area contributed by atoms with Crippen LogP contribution in [0.1, 0.15) is 36.3 Å². The molecule has 6 aromatic carbocycles. The third-order valence-electron chi connectivity index (χ3n) is 10.3. The normalized spacial score (nSPS) is 17.9. The molecule has 240 valence electrons. The number of para-hydroxylation sites is 2. The summed E-state index contributed by atoms with van der Waals surface area (Å²) in [6, 6.07) is 51.6. The summed E-state index contributed by atoms with van der Waals surface area (Å²) >= 11 is 0. The minimum absolute atomic E-state index is 0.0408. The molecular weight excluding hydrogens is 613 g/mol. The molecular formula is C45H35N4O+. The van der Waals surface area contributed by atoms with E-state index in [4.69, 9.17) is 9.41 Å². The Hall–Kier alpha value is -6.17. The van der Waals surface area contributed by atoms with Crippen molar-refractivity contribution in [1.82, 2.24) is 9.88 Å². The van der Waals surface area contributed by atoms with Crippen LogP contribution in [-0.4, -0.2) is 10.4 Å². The largest absolute Gasteiger partial charge is 0.454 e. The van der Waals surface area contributed by atoms with Crippen molar-refractivity contribution in [2.75, 3.05) is 0 Å². The molecule has 0 radical (unpaired) electrons. The summed E-state index contributed by atoms with van der Waals surface area (Å²) in [5, 5.41) is 10.9. The molecule has 0 saturated heterocycles. The molecule has 1 aliphatic carbocycles. The van der Waals surface area contributed by atoms with Gasteiger partial charge in [0, 0.05) is 38.4 Å². The lowest BCUT2D eigenvalue weighted by atomic mass is 9.98. The first-order valence-electron chi connectivity index (χ1n) is 17.4. The molecule has 0 amide bonds. The molecule has 5 heteroatoms. The highest BCUT2D eigenvalue weighted by molar-refractivity contribution is 6.22. The Balaban J connectivity index is 1.08. The number of nitrogens with two attached hydrogens (primary N) is 1. The molecule has 2 aromatic heterocycles. The van der Waals surface area contributed by atoms with Gasteiger partial charge < -0.3 is 14.3 Å². The summed E-state index contributed by atoms with van der Waals surface area (Å²) in [5.41, 5.74) is 11.5. The van der Waals surface area contributed by atoms with E-state index in [1.54, 1.807) is 0 Å². The average molecular weight is 648 g/mol. The summed E-state index contributed by atoms with van der Waals surface area (Å²) in [7, 11) is 0. The van der Waals surface area contributed by atoms with Crippen LogP contribution < -0.4 is 10.6 Å². The van der Waals surface area contributed by atoms with E-state index >= 15 is 0 Å². The summed E-state index contributed by atoms with van der Waals surface area (Å²) in [6.07, 6.45) is 6.28. The van der Waals surface area contributed by atoms with Crippen molar-refractivity contribution in [3.05, 3.63) is 174 Å². The fourth-order valence-corrected chi connectivity index (χ4v) is 7.89. The number of rotatable bonds is 5. The van der Waals surface area contributed by atoms with Crippen LogP contribution in [0.15, 0.2) is 173 Å². The van der Waals surface area contributed by atoms with E-state index in [0.717, 1.165) is 46.1 Å². The van der Waals surface area contributed by atoms with Gasteiger partial charge in [-0.2, -0.15) is 0 Å². The van der Waals surface area contributed by atoms with Gasteiger partial charge in [0.05, 0.1) is 11.0 Å². The van der Waals surface area contributed by atoms with Gasteiger partial charge in [-0.25, -0.2) is 4.99 Å². The lowest BCUT2D eigenvalue weighted by Crippen LogP contribution is -2.90. The van der Waals surface area contributed by atoms with Crippen molar-refractivity contribution < 1.29 is 9.73 Å². The maximum Gasteiger partial charge on any atom is 0.209 e. The number of furan rings is 1. The van der Waals surface area contributed by atoms with Crippen molar-refractivity contribution in [1.29, 1.82) is 0 Å². The van der Waals surface area contributed by atoms with Crippen LogP contribution in [0.5, 0.6) is 0 Å². The van der Waals surface area contributed by atoms with Crippen molar-refractivity contribution >= 4 is 55.3 Å². The highest BCUT2D eigenvalue weighted by Crippen LogP contribution is 2.41. The van der Waals surface area contributed by atoms with E-state index in [-0.39, 0.29) is 12.3 Å². The van der Waals surface area contributed by atoms with E-state index in [9.17, 15) is 0 Å². The van der Waals surface area contributed by atoms with Gasteiger partial charge in [-0.3, -0.25) is 5.32 Å². The molecule has 3 N–H and O–H groups in total. The third-order valence-corrected chi connectivity index (χ3v) is 10.3. The second-order valence-electron chi connectivity index (χ2n) is 13.3. The van der Waals surface area contributed by atoms with Crippen LogP contribution in [0.3, 0.4) is 0 Å². The molecule has 5 nitrogen and oxygen atoms in total. The molecule has 0 fully saturated rings. The Morgan fingerprint density at radius 3 is 2.18 bits per heavy atom. The van der Waals surface area contributed by atoms with Crippen LogP contribution >= 0.6 is 0 Å². The lowest BCUT2D eigenvalue weighted by molar-refractivity contribution is -0.739. The summed E-state index contributed by atoms with van der Waals surface area (Å²) in [4.78, 5) is 5.37. The molecule has 0 saturated carbocycles. The minimum Gasteiger partial charge on any atom is -0.454 e. The number of fused-ring (bicyclic) bond motifs is 7. The summed E-state index contributed by atoms with van der Waals surface area (Å²) < 4.78 is 9.02. The monoisotopic (exact) mass is 647 g/mol. The second kappa shape index (κ2) is 11.8. The van der Waals surface area contributed by atoms with Crippen molar-refractivity contribution in [3.8, 4) is 11.1 Å². The smallest absolute Gasteiger partial charge is 0.209 e. The van der Waals surface area contributed by atoms with Crippen LogP contribution in [0.25, 0.3) is 60.6 Å². The van der Waals surface area contributed by atoms with Gasteiger partial charge in [-0.05, 0) is 59.9 Å². The van der Waals surface area contributed by atoms with E-state index in [1.165, 1.54) is 49.8 Å². The topological polar surface area (TPSA) is 59.1 Å². The van der Waals surface area contributed by atoms with Crippen LogP contribution in [0.2, 0.25) is 0 Å². The van der Waals surface area contributed by atoms with E-state index in [2.05, 4.69) is 167 Å². The SMILES string of the molecule is C1=C(C2=NC(c3cccc(-c4ccccc4)c3)[NH2+]C(c3ccccc3)N2)CCC(n2c3ccccc3c3ccc4c5ccccc5oc4c32)=C1. The van der Waals surface area contributed by atoms with E-state index in [1.807, 2.05) is 6.07 Å². The fourth-order valence-electron chi connectivity index (χ4n) is 7.89. The van der Waals surface area contributed by atoms with Gasteiger partial charge in [-0.1, -0.05) is 127 Å². The average Bonchev–Trinajstić information content (AvgIpc) is 3.75. The highest BCUT2D eigenvalue weighted by Gasteiger charge is 2.31. The quantitative estimate of drug-likeness (QED) is 0.195. The third kappa shape index (κ3) is 4.78. The van der Waals surface area contributed by atoms with Crippen molar-refractivity contribution in [2.24, 2.45) is 4.99 Å². The Labute approximate surface area is 289 Å². The zero-order valence-corrected chi connectivity index (χ0v) is 27.5. The van der Waals surface area contributed by atoms with Gasteiger partial charge >= 0.3 is 0 Å². The van der Waals surface area contributed by atoms with Gasteiger partial charge in [0.25, 0.3) is 0 Å². The first-order valence-corrected chi connectivity index (χ1v) is 17.4. The molecule has 10 rings (SSSR count). The van der Waals surface area contributed by atoms with Crippen LogP contribution in [-0.2, 0) is 0 Å². The molecule has 2 aliphatic rings. The molecule has 0 bridgehead atoms. The lowest BCUT2D eigenvalue weighted by Gasteiger charge is -2.30. The van der Waals surface area contributed by atoms with Gasteiger partial charge in [0.2, 0.25) is 6.17 Å². The van der Waals surface area contributed by atoms with Gasteiger partial charge in [0.1, 0.15) is 11.4 Å². The predicted molar refractivity (Wildman–Crippen MR) is 205 cm³/mol. The summed E-state index contributed by atoms with van der Waals surface area (Å²) in [6.45, 7) is 0. The number of nitrogens with one attached hydrogen (secondary N) is 1. The van der Waals surface area contributed by atoms with Crippen molar-refractivity contribution in [3.63, 3.8) is 0 Å². The number of amidine groups is 1. The molecule has 2 unspecified atom stereocenters. The zero-order valence-electron chi connectivity index (χ0n) is 27.5. The van der Waals surface area contributed by atoms with Gasteiger partial charge in [0.15, 0.2) is 11.7 Å². The molecule has 2 atom stereocenters. The van der Waals surface area contributed by atoms with Crippen molar-refractivity contribution in [2.45, 2.75) is 25.2 Å². The Morgan fingerprint density at radius 1 is 0.620 bits per heavy atom. The standard InChI is InChI=1S/C45H34N4O/c1-3-12-29(13-4-1)32-16-11-17-33(28-32)45-47-43(30-14-5-2-6-15-30)46-44(48-45)31-22-24-34(25-23-31)49-39-20-9-7-18-35(39)37-26-27-38-36-19-8-10-21-40(36)50-42(38)41(37)49/h1-22,24,26-28,43,45,47H,23,25H2,(H,46,48)/p+1. The predicted octanol–water partition coefficient (Wildman–Crippen LogP) is 9.88. The Morgan fingerprint density at radius 2 is 1.34 bits per heavy atom. The first-order chi connectivity index (χ1) is 24.8. The number of hydrogen-bond donors (Lipinski definition) is 2. The number of quaternary nitrogens is 1. The number of aliphatic imine (C=N–C) groups is 1. The number of nitrogens with zero attached hydrogens (tertiary/aromatic N) is 2. The maximum atomic E-state index is 6.59. The minimum atomic E-state index is -0.0786. The maximum absolute atomic E-state index is 6.59. The van der Waals surface area contributed by atoms with Crippen LogP contribution in [0.4, 0.5) is 0 Å². The Kier molecular flexibility index (Phi) is 6.78. The first kappa shape index (κ1) is 28.8. The second-order valence-corrected chi connectivity index (χ2v) is 13.3. The van der Waals surface area contributed by atoms with Crippen LogP contribution in [0, 0.1) is 0 Å². The number of allylic oxidation sites excluding steroid dienone is 3. The molecule has 50 heavy (non-hydrogen) atoms. The number of hydrogen-bond acceptors (Lipinski definition) is 3. The number of benzene rings is 6. The van der Waals surface area contributed by atoms with E-state index < -0.39 is 0 Å².